The third-order valence-corrected chi connectivity index (χ3v) is 5.11. The molecule has 6 nitrogen and oxygen atoms in total. The van der Waals surface area contributed by atoms with E-state index in [2.05, 4.69) is 20.3 Å². The second-order valence-corrected chi connectivity index (χ2v) is 7.10. The normalized spacial score (nSPS) is 10.8. The predicted octanol–water partition coefficient (Wildman–Crippen LogP) is 4.80. The fourth-order valence-corrected chi connectivity index (χ4v) is 3.37. The highest BCUT2D eigenvalue weighted by atomic mass is 32.2. The Morgan fingerprint density at radius 3 is 2.68 bits per heavy atom. The molecule has 0 aliphatic heterocycles. The zero-order chi connectivity index (χ0) is 19.3. The van der Waals surface area contributed by atoms with Crippen molar-refractivity contribution in [2.75, 3.05) is 7.11 Å². The number of hydrogen-bond donors (Lipinski definition) is 0. The van der Waals surface area contributed by atoms with E-state index in [1.54, 1.807) is 7.11 Å². The van der Waals surface area contributed by atoms with Gasteiger partial charge in [-0.15, -0.1) is 10.2 Å². The summed E-state index contributed by atoms with van der Waals surface area (Å²) in [6, 6.07) is 19.6. The van der Waals surface area contributed by atoms with Gasteiger partial charge >= 0.3 is 0 Å². The Bertz CT molecular complexity index is 1080. The van der Waals surface area contributed by atoms with E-state index < -0.39 is 0 Å². The Morgan fingerprint density at radius 1 is 1.00 bits per heavy atom. The van der Waals surface area contributed by atoms with Crippen molar-refractivity contribution in [2.24, 2.45) is 0 Å². The van der Waals surface area contributed by atoms with Gasteiger partial charge in [0.25, 0.3) is 0 Å². The summed E-state index contributed by atoms with van der Waals surface area (Å²) in [5.74, 6) is 2.49. The van der Waals surface area contributed by atoms with Gasteiger partial charge in [-0.1, -0.05) is 53.3 Å². The average Bonchev–Trinajstić information content (AvgIpc) is 3.22. The molecule has 2 heterocycles. The minimum absolute atomic E-state index is 0.534. The van der Waals surface area contributed by atoms with Crippen molar-refractivity contribution in [2.45, 2.75) is 17.7 Å². The van der Waals surface area contributed by atoms with Crippen molar-refractivity contribution in [1.29, 1.82) is 0 Å². The molecule has 0 aliphatic carbocycles. The average molecular weight is 390 g/mol. The fraction of sp³-hybridized carbons (Fsp3) is 0.143. The van der Waals surface area contributed by atoms with Crippen LogP contribution in [0.25, 0.3) is 22.6 Å². The Hall–Kier alpha value is -3.19. The fourth-order valence-electron chi connectivity index (χ4n) is 2.72. The molecule has 28 heavy (non-hydrogen) atoms. The lowest BCUT2D eigenvalue weighted by molar-refractivity contribution is 0.391. The molecule has 0 saturated carbocycles. The minimum Gasteiger partial charge on any atom is -0.497 e. The van der Waals surface area contributed by atoms with Gasteiger partial charge < -0.3 is 9.26 Å². The maximum atomic E-state index is 5.37. The van der Waals surface area contributed by atoms with Crippen LogP contribution in [-0.2, 0) is 5.75 Å². The molecular formula is C21H18N4O2S. The van der Waals surface area contributed by atoms with E-state index in [4.69, 9.17) is 9.26 Å². The van der Waals surface area contributed by atoms with Crippen molar-refractivity contribution in [1.82, 2.24) is 20.3 Å². The van der Waals surface area contributed by atoms with E-state index in [0.717, 1.165) is 33.2 Å². The zero-order valence-electron chi connectivity index (χ0n) is 15.5. The lowest BCUT2D eigenvalue weighted by Gasteiger charge is -2.04. The van der Waals surface area contributed by atoms with Crippen LogP contribution in [0.4, 0.5) is 0 Å². The molecule has 7 heteroatoms. The molecule has 0 aliphatic rings. The number of nitrogens with zero attached hydrogens (tertiary/aromatic N) is 4. The monoisotopic (exact) mass is 390 g/mol. The van der Waals surface area contributed by atoms with Crippen molar-refractivity contribution < 1.29 is 9.26 Å². The number of thioether (sulfide) groups is 1. The molecule has 0 bridgehead atoms. The number of benzene rings is 2. The molecule has 0 fully saturated rings. The van der Waals surface area contributed by atoms with Gasteiger partial charge in [-0.2, -0.15) is 4.98 Å². The quantitative estimate of drug-likeness (QED) is 0.438. The Morgan fingerprint density at radius 2 is 1.89 bits per heavy atom. The lowest BCUT2D eigenvalue weighted by Crippen LogP contribution is -1.91. The molecule has 0 N–H and O–H groups in total. The molecule has 0 amide bonds. The van der Waals surface area contributed by atoms with Crippen LogP contribution < -0.4 is 4.74 Å². The van der Waals surface area contributed by atoms with Gasteiger partial charge in [-0.05, 0) is 36.8 Å². The van der Waals surface area contributed by atoms with E-state index in [-0.39, 0.29) is 0 Å². The summed E-state index contributed by atoms with van der Waals surface area (Å²) in [5, 5.41) is 13.5. The maximum Gasteiger partial charge on any atom is 0.237 e. The summed E-state index contributed by atoms with van der Waals surface area (Å²) < 4.78 is 10.6. The van der Waals surface area contributed by atoms with Crippen molar-refractivity contribution in [3.63, 3.8) is 0 Å². The van der Waals surface area contributed by atoms with Crippen molar-refractivity contribution >= 4 is 11.8 Å². The SMILES string of the molecule is COc1cccc(-c2ccc(SCc3nc(-c4ccccc4C)no3)nn2)c1. The summed E-state index contributed by atoms with van der Waals surface area (Å²) in [6.07, 6.45) is 0. The molecule has 0 radical (unpaired) electrons. The molecule has 0 unspecified atom stereocenters. The molecule has 0 atom stereocenters. The van der Waals surface area contributed by atoms with E-state index in [1.807, 2.05) is 67.6 Å². The first-order chi connectivity index (χ1) is 13.7. The second kappa shape index (κ2) is 8.22. The van der Waals surface area contributed by atoms with Crippen LogP contribution in [0.1, 0.15) is 11.5 Å². The first-order valence-corrected chi connectivity index (χ1v) is 9.71. The Labute approximate surface area is 167 Å². The van der Waals surface area contributed by atoms with E-state index in [0.29, 0.717) is 17.5 Å². The largest absolute Gasteiger partial charge is 0.497 e. The van der Waals surface area contributed by atoms with Gasteiger partial charge in [-0.3, -0.25) is 0 Å². The molecule has 0 spiro atoms. The van der Waals surface area contributed by atoms with Gasteiger partial charge in [0.2, 0.25) is 11.7 Å². The van der Waals surface area contributed by atoms with E-state index >= 15 is 0 Å². The highest BCUT2D eigenvalue weighted by Crippen LogP contribution is 2.26. The van der Waals surface area contributed by atoms with Crippen LogP contribution in [0.5, 0.6) is 5.75 Å². The van der Waals surface area contributed by atoms with Crippen molar-refractivity contribution in [3.05, 3.63) is 72.1 Å². The van der Waals surface area contributed by atoms with Gasteiger partial charge in [0.1, 0.15) is 10.8 Å². The number of aromatic nitrogens is 4. The summed E-state index contributed by atoms with van der Waals surface area (Å²) >= 11 is 1.50. The predicted molar refractivity (Wildman–Crippen MR) is 108 cm³/mol. The summed E-state index contributed by atoms with van der Waals surface area (Å²) in [5.41, 5.74) is 3.84. The zero-order valence-corrected chi connectivity index (χ0v) is 16.3. The highest BCUT2D eigenvalue weighted by Gasteiger charge is 2.11. The second-order valence-electron chi connectivity index (χ2n) is 6.10. The molecule has 140 valence electrons. The van der Waals surface area contributed by atoms with Crippen LogP contribution in [-0.4, -0.2) is 27.4 Å². The van der Waals surface area contributed by atoms with Crippen molar-refractivity contribution in [3.8, 4) is 28.4 Å². The first kappa shape index (κ1) is 18.2. The van der Waals surface area contributed by atoms with Crippen LogP contribution in [0, 0.1) is 6.92 Å². The summed E-state index contributed by atoms with van der Waals surface area (Å²) in [4.78, 5) is 4.48. The minimum atomic E-state index is 0.534. The Kier molecular flexibility index (Phi) is 5.34. The molecule has 2 aromatic carbocycles. The van der Waals surface area contributed by atoms with Gasteiger partial charge in [-0.25, -0.2) is 0 Å². The number of hydrogen-bond acceptors (Lipinski definition) is 7. The molecule has 4 rings (SSSR count). The summed E-state index contributed by atoms with van der Waals surface area (Å²) in [6.45, 7) is 2.03. The molecule has 4 aromatic rings. The number of ether oxygens (including phenoxy) is 1. The third-order valence-electron chi connectivity index (χ3n) is 4.20. The summed E-state index contributed by atoms with van der Waals surface area (Å²) in [7, 11) is 1.65. The maximum absolute atomic E-state index is 5.37. The number of aryl methyl sites for hydroxylation is 1. The molecular weight excluding hydrogens is 372 g/mol. The first-order valence-electron chi connectivity index (χ1n) is 8.72. The van der Waals surface area contributed by atoms with Gasteiger partial charge in [0.05, 0.1) is 18.6 Å². The van der Waals surface area contributed by atoms with Crippen LogP contribution in [0.2, 0.25) is 0 Å². The van der Waals surface area contributed by atoms with Crippen LogP contribution in [0.15, 0.2) is 70.2 Å². The Balaban J connectivity index is 1.42. The smallest absolute Gasteiger partial charge is 0.237 e. The van der Waals surface area contributed by atoms with Crippen LogP contribution >= 0.6 is 11.8 Å². The lowest BCUT2D eigenvalue weighted by atomic mass is 10.1. The number of rotatable bonds is 6. The van der Waals surface area contributed by atoms with E-state index in [1.165, 1.54) is 11.8 Å². The topological polar surface area (TPSA) is 73.9 Å². The van der Waals surface area contributed by atoms with E-state index in [9.17, 15) is 0 Å². The van der Waals surface area contributed by atoms with Gasteiger partial charge in [0.15, 0.2) is 0 Å². The standard InChI is InChI=1S/C21H18N4O2S/c1-14-6-3-4-9-17(14)21-22-19(27-25-21)13-28-20-11-10-18(23-24-20)15-7-5-8-16(12-15)26-2/h3-12H,13H2,1-2H3. The third kappa shape index (κ3) is 4.04. The molecule has 2 aromatic heterocycles. The van der Waals surface area contributed by atoms with Gasteiger partial charge in [0, 0.05) is 11.1 Å². The van der Waals surface area contributed by atoms with Crippen LogP contribution in [0.3, 0.4) is 0 Å². The number of methoxy groups -OCH3 is 1. The highest BCUT2D eigenvalue weighted by molar-refractivity contribution is 7.98. The molecule has 0 saturated heterocycles.